The Morgan fingerprint density at radius 2 is 1.70 bits per heavy atom. The summed E-state index contributed by atoms with van der Waals surface area (Å²) in [6, 6.07) is 12.2. The van der Waals surface area contributed by atoms with Crippen molar-refractivity contribution in [1.82, 2.24) is 5.32 Å². The molecule has 1 unspecified atom stereocenters. The molecule has 0 radical (unpaired) electrons. The monoisotopic (exact) mass is 311 g/mol. The summed E-state index contributed by atoms with van der Waals surface area (Å²) in [5.74, 6) is -0.232. The minimum Gasteiger partial charge on any atom is -0.304 e. The van der Waals surface area contributed by atoms with Crippen LogP contribution in [0.15, 0.2) is 42.5 Å². The zero-order valence-corrected chi connectivity index (χ0v) is 12.8. The van der Waals surface area contributed by atoms with Gasteiger partial charge >= 0.3 is 0 Å². The highest BCUT2D eigenvalue weighted by Crippen LogP contribution is 2.31. The average Bonchev–Trinajstić information content (AvgIpc) is 2.41. The van der Waals surface area contributed by atoms with E-state index >= 15 is 0 Å². The second-order valence-electron chi connectivity index (χ2n) is 4.81. The lowest BCUT2D eigenvalue weighted by atomic mass is 10.0. The van der Waals surface area contributed by atoms with Crippen molar-refractivity contribution in [2.24, 2.45) is 0 Å². The van der Waals surface area contributed by atoms with E-state index in [0.717, 1.165) is 11.1 Å². The Balaban J connectivity index is 2.15. The molecule has 1 N–H and O–H groups in total. The average molecular weight is 312 g/mol. The molecule has 0 heterocycles. The molecule has 0 aliphatic heterocycles. The van der Waals surface area contributed by atoms with Gasteiger partial charge in [0.05, 0.1) is 10.0 Å². The summed E-state index contributed by atoms with van der Waals surface area (Å²) in [6.07, 6.45) is 0. The first-order valence-electron chi connectivity index (χ1n) is 6.44. The summed E-state index contributed by atoms with van der Waals surface area (Å²) < 4.78 is 13.2. The quantitative estimate of drug-likeness (QED) is 0.781. The molecule has 1 nitrogen and oxygen atoms in total. The number of hydrogen-bond acceptors (Lipinski definition) is 1. The molecule has 2 rings (SSSR count). The Hall–Kier alpha value is -1.09. The highest BCUT2D eigenvalue weighted by atomic mass is 35.5. The normalized spacial score (nSPS) is 14.1. The van der Waals surface area contributed by atoms with Crippen molar-refractivity contribution >= 4 is 23.2 Å². The summed E-state index contributed by atoms with van der Waals surface area (Å²) in [5, 5.41) is 4.49. The van der Waals surface area contributed by atoms with E-state index in [0.29, 0.717) is 10.0 Å². The molecule has 0 aromatic heterocycles. The summed E-state index contributed by atoms with van der Waals surface area (Å²) in [5.41, 5.74) is 1.83. The highest BCUT2D eigenvalue weighted by molar-refractivity contribution is 6.42. The van der Waals surface area contributed by atoms with E-state index in [1.165, 1.54) is 12.1 Å². The van der Waals surface area contributed by atoms with Gasteiger partial charge in [-0.3, -0.25) is 0 Å². The van der Waals surface area contributed by atoms with Crippen molar-refractivity contribution in [3.63, 3.8) is 0 Å². The van der Waals surface area contributed by atoms with Crippen molar-refractivity contribution < 1.29 is 4.39 Å². The third-order valence-corrected chi connectivity index (χ3v) is 4.13. The van der Waals surface area contributed by atoms with Gasteiger partial charge in [-0.25, -0.2) is 4.39 Å². The molecule has 4 heteroatoms. The minimum absolute atomic E-state index is 0.00995. The predicted molar refractivity (Wildman–Crippen MR) is 82.8 cm³/mol. The molecule has 0 bridgehead atoms. The van der Waals surface area contributed by atoms with Gasteiger partial charge in [0.25, 0.3) is 0 Å². The van der Waals surface area contributed by atoms with Gasteiger partial charge in [-0.15, -0.1) is 0 Å². The lowest BCUT2D eigenvalue weighted by Gasteiger charge is -2.22. The molecular weight excluding hydrogens is 296 g/mol. The second-order valence-corrected chi connectivity index (χ2v) is 5.59. The Bertz CT molecular complexity index is 601. The van der Waals surface area contributed by atoms with Crippen LogP contribution in [-0.4, -0.2) is 0 Å². The fourth-order valence-electron chi connectivity index (χ4n) is 2.19. The largest absolute Gasteiger partial charge is 0.304 e. The Labute approximate surface area is 128 Å². The zero-order valence-electron chi connectivity index (χ0n) is 11.3. The van der Waals surface area contributed by atoms with Crippen LogP contribution in [-0.2, 0) is 0 Å². The van der Waals surface area contributed by atoms with Crippen molar-refractivity contribution in [2.75, 3.05) is 0 Å². The summed E-state index contributed by atoms with van der Waals surface area (Å²) in [7, 11) is 0. The third kappa shape index (κ3) is 3.51. The Kier molecular flexibility index (Phi) is 5.03. The van der Waals surface area contributed by atoms with Crippen molar-refractivity contribution in [3.05, 3.63) is 69.5 Å². The van der Waals surface area contributed by atoms with Gasteiger partial charge in [0.2, 0.25) is 0 Å². The number of hydrogen-bond donors (Lipinski definition) is 1. The smallest absolute Gasteiger partial charge is 0.123 e. The van der Waals surface area contributed by atoms with Gasteiger partial charge in [-0.2, -0.15) is 0 Å². The molecule has 0 fully saturated rings. The molecule has 0 spiro atoms. The van der Waals surface area contributed by atoms with E-state index in [1.54, 1.807) is 12.1 Å². The minimum atomic E-state index is -0.232. The van der Waals surface area contributed by atoms with Gasteiger partial charge in [0, 0.05) is 12.1 Å². The fourth-order valence-corrected chi connectivity index (χ4v) is 2.66. The molecule has 0 aliphatic carbocycles. The van der Waals surface area contributed by atoms with E-state index in [9.17, 15) is 4.39 Å². The summed E-state index contributed by atoms with van der Waals surface area (Å²) in [6.45, 7) is 4.00. The Morgan fingerprint density at radius 1 is 1.00 bits per heavy atom. The van der Waals surface area contributed by atoms with Crippen LogP contribution in [0, 0.1) is 5.82 Å². The van der Waals surface area contributed by atoms with E-state index in [-0.39, 0.29) is 17.9 Å². The molecule has 0 saturated carbocycles. The lowest BCUT2D eigenvalue weighted by molar-refractivity contribution is 0.492. The molecule has 2 aromatic carbocycles. The van der Waals surface area contributed by atoms with Gasteiger partial charge < -0.3 is 5.32 Å². The van der Waals surface area contributed by atoms with Crippen LogP contribution in [0.1, 0.15) is 37.1 Å². The number of halogens is 3. The maximum absolute atomic E-state index is 13.2. The van der Waals surface area contributed by atoms with Crippen LogP contribution >= 0.6 is 23.2 Å². The van der Waals surface area contributed by atoms with E-state index < -0.39 is 0 Å². The molecule has 2 atom stereocenters. The molecular formula is C16H16Cl2FN. The maximum atomic E-state index is 13.2. The van der Waals surface area contributed by atoms with Gasteiger partial charge in [-0.1, -0.05) is 47.5 Å². The standard InChI is InChI=1S/C16H16Cl2FN/c1-10(12-5-3-6-13(19)9-12)20-11(2)14-7-4-8-15(17)16(14)18/h3-11,20H,1-2H3/t10-,11?/m1/s1. The highest BCUT2D eigenvalue weighted by Gasteiger charge is 2.15. The number of rotatable bonds is 4. The maximum Gasteiger partial charge on any atom is 0.123 e. The van der Waals surface area contributed by atoms with Gasteiger partial charge in [-0.05, 0) is 43.2 Å². The first-order valence-corrected chi connectivity index (χ1v) is 7.20. The number of benzene rings is 2. The van der Waals surface area contributed by atoms with E-state index in [1.807, 2.05) is 32.0 Å². The second kappa shape index (κ2) is 6.57. The topological polar surface area (TPSA) is 12.0 Å². The molecule has 0 aliphatic rings. The van der Waals surface area contributed by atoms with Crippen LogP contribution in [0.3, 0.4) is 0 Å². The first kappa shape index (κ1) is 15.3. The van der Waals surface area contributed by atoms with Crippen LogP contribution in [0.5, 0.6) is 0 Å². The third-order valence-electron chi connectivity index (χ3n) is 3.30. The molecule has 0 amide bonds. The van der Waals surface area contributed by atoms with Crippen molar-refractivity contribution in [3.8, 4) is 0 Å². The predicted octanol–water partition coefficient (Wildman–Crippen LogP) is 5.54. The number of nitrogens with one attached hydrogen (secondary N) is 1. The Morgan fingerprint density at radius 3 is 2.40 bits per heavy atom. The van der Waals surface area contributed by atoms with Crippen LogP contribution in [0.4, 0.5) is 4.39 Å². The van der Waals surface area contributed by atoms with Gasteiger partial charge in [0.1, 0.15) is 5.82 Å². The van der Waals surface area contributed by atoms with Crippen LogP contribution in [0.2, 0.25) is 10.0 Å². The molecule has 2 aromatic rings. The first-order chi connectivity index (χ1) is 9.49. The summed E-state index contributed by atoms with van der Waals surface area (Å²) in [4.78, 5) is 0. The summed E-state index contributed by atoms with van der Waals surface area (Å²) >= 11 is 12.2. The van der Waals surface area contributed by atoms with Crippen molar-refractivity contribution in [2.45, 2.75) is 25.9 Å². The lowest BCUT2D eigenvalue weighted by Crippen LogP contribution is -2.22. The van der Waals surface area contributed by atoms with Crippen molar-refractivity contribution in [1.29, 1.82) is 0 Å². The van der Waals surface area contributed by atoms with Crippen LogP contribution in [0.25, 0.3) is 0 Å². The van der Waals surface area contributed by atoms with E-state index in [4.69, 9.17) is 23.2 Å². The van der Waals surface area contributed by atoms with Crippen LogP contribution < -0.4 is 5.32 Å². The molecule has 106 valence electrons. The molecule has 20 heavy (non-hydrogen) atoms. The van der Waals surface area contributed by atoms with Gasteiger partial charge in [0.15, 0.2) is 0 Å². The SMILES string of the molecule is CC(N[C@H](C)c1cccc(F)c1)c1cccc(Cl)c1Cl. The van der Waals surface area contributed by atoms with E-state index in [2.05, 4.69) is 5.32 Å². The fraction of sp³-hybridized carbons (Fsp3) is 0.250. The zero-order chi connectivity index (χ0) is 14.7. The molecule has 0 saturated heterocycles.